The lowest BCUT2D eigenvalue weighted by Crippen LogP contribution is -2.43. The number of hydrogen-bond acceptors (Lipinski definition) is 5. The molecule has 0 atom stereocenters. The minimum absolute atomic E-state index is 0.0158. The molecule has 1 aliphatic heterocycles. The molecule has 1 aromatic rings. The van der Waals surface area contributed by atoms with E-state index in [1.807, 2.05) is 7.05 Å². The second-order valence-corrected chi connectivity index (χ2v) is 4.84. The van der Waals surface area contributed by atoms with Gasteiger partial charge in [-0.1, -0.05) is 6.92 Å². The lowest BCUT2D eigenvalue weighted by Gasteiger charge is -2.36. The summed E-state index contributed by atoms with van der Waals surface area (Å²) < 4.78 is 0. The average Bonchev–Trinajstić information content (AvgIpc) is 2.46. The Bertz CT molecular complexity index is 427. The van der Waals surface area contributed by atoms with Crippen molar-refractivity contribution in [2.24, 2.45) is 0 Å². The molecule has 2 heterocycles. The van der Waals surface area contributed by atoms with E-state index in [1.54, 1.807) is 0 Å². The molecule has 1 N–H and O–H groups in total. The third kappa shape index (κ3) is 3.20. The van der Waals surface area contributed by atoms with Crippen molar-refractivity contribution < 1.29 is 9.90 Å². The number of likely N-dealkylation sites (tertiary alicyclic amines) is 1. The standard InChI is InChI=1S/C13H20N4O2/c1-3-17-6-4-10(5-7-17)16(2)12-9-14-11(8-15-12)13(18)19/h8-10H,3-7H2,1-2H3,(H,18,19). The number of piperidine rings is 1. The average molecular weight is 264 g/mol. The summed E-state index contributed by atoms with van der Waals surface area (Å²) in [7, 11) is 2.00. The number of carboxylic acid groups (broad SMARTS) is 1. The van der Waals surface area contributed by atoms with Crippen molar-refractivity contribution in [1.29, 1.82) is 0 Å². The van der Waals surface area contributed by atoms with Gasteiger partial charge < -0.3 is 14.9 Å². The van der Waals surface area contributed by atoms with Gasteiger partial charge in [0.15, 0.2) is 5.69 Å². The Kier molecular flexibility index (Phi) is 4.31. The monoisotopic (exact) mass is 264 g/mol. The molecular formula is C13H20N4O2. The lowest BCUT2D eigenvalue weighted by molar-refractivity contribution is 0.0690. The number of carbonyl (C=O) groups is 1. The van der Waals surface area contributed by atoms with Crippen LogP contribution in [0.3, 0.4) is 0 Å². The van der Waals surface area contributed by atoms with E-state index in [1.165, 1.54) is 12.4 Å². The van der Waals surface area contributed by atoms with Gasteiger partial charge in [-0.05, 0) is 19.4 Å². The molecule has 0 spiro atoms. The van der Waals surface area contributed by atoms with Crippen LogP contribution in [0.25, 0.3) is 0 Å². The molecule has 1 fully saturated rings. The first kappa shape index (κ1) is 13.7. The second kappa shape index (κ2) is 5.97. The molecule has 1 saturated heterocycles. The number of nitrogens with zero attached hydrogens (tertiary/aromatic N) is 4. The van der Waals surface area contributed by atoms with Crippen LogP contribution in [0.5, 0.6) is 0 Å². The van der Waals surface area contributed by atoms with E-state index in [4.69, 9.17) is 5.11 Å². The zero-order valence-corrected chi connectivity index (χ0v) is 11.4. The topological polar surface area (TPSA) is 69.6 Å². The summed E-state index contributed by atoms with van der Waals surface area (Å²) in [4.78, 5) is 23.4. The van der Waals surface area contributed by atoms with Crippen LogP contribution < -0.4 is 4.90 Å². The summed E-state index contributed by atoms with van der Waals surface area (Å²) in [6, 6.07) is 0.452. The fourth-order valence-electron chi connectivity index (χ4n) is 2.42. The highest BCUT2D eigenvalue weighted by Crippen LogP contribution is 2.19. The molecule has 0 saturated carbocycles. The summed E-state index contributed by atoms with van der Waals surface area (Å²) >= 11 is 0. The van der Waals surface area contributed by atoms with E-state index in [0.717, 1.165) is 38.3 Å². The Morgan fingerprint density at radius 3 is 2.58 bits per heavy atom. The zero-order chi connectivity index (χ0) is 13.8. The minimum atomic E-state index is -1.04. The van der Waals surface area contributed by atoms with Crippen molar-refractivity contribution in [2.75, 3.05) is 31.6 Å². The van der Waals surface area contributed by atoms with Crippen molar-refractivity contribution in [3.05, 3.63) is 18.1 Å². The quantitative estimate of drug-likeness (QED) is 0.878. The predicted molar refractivity (Wildman–Crippen MR) is 72.5 cm³/mol. The Hall–Kier alpha value is -1.69. The maximum atomic E-state index is 10.7. The van der Waals surface area contributed by atoms with Gasteiger partial charge in [0.25, 0.3) is 0 Å². The highest BCUT2D eigenvalue weighted by molar-refractivity contribution is 5.84. The Morgan fingerprint density at radius 1 is 1.42 bits per heavy atom. The summed E-state index contributed by atoms with van der Waals surface area (Å²) in [6.07, 6.45) is 5.06. The molecule has 1 aromatic heterocycles. The molecule has 0 amide bonds. The summed E-state index contributed by atoms with van der Waals surface area (Å²) in [6.45, 7) is 5.49. The number of rotatable bonds is 4. The third-order valence-electron chi connectivity index (χ3n) is 3.77. The van der Waals surface area contributed by atoms with Gasteiger partial charge in [0.2, 0.25) is 0 Å². The highest BCUT2D eigenvalue weighted by atomic mass is 16.4. The van der Waals surface area contributed by atoms with E-state index in [2.05, 4.69) is 26.7 Å². The summed E-state index contributed by atoms with van der Waals surface area (Å²) in [5.41, 5.74) is -0.0158. The fourth-order valence-corrected chi connectivity index (χ4v) is 2.42. The smallest absolute Gasteiger partial charge is 0.356 e. The van der Waals surface area contributed by atoms with Crippen LogP contribution in [-0.4, -0.2) is 58.7 Å². The van der Waals surface area contributed by atoms with Gasteiger partial charge >= 0.3 is 5.97 Å². The Morgan fingerprint density at radius 2 is 2.11 bits per heavy atom. The molecule has 0 radical (unpaired) electrons. The van der Waals surface area contributed by atoms with Gasteiger partial charge in [0.05, 0.1) is 12.4 Å². The first-order valence-electron chi connectivity index (χ1n) is 6.62. The molecule has 0 bridgehead atoms. The Balaban J connectivity index is 1.99. The van der Waals surface area contributed by atoms with Crippen LogP contribution in [0.2, 0.25) is 0 Å². The summed E-state index contributed by atoms with van der Waals surface area (Å²) in [5.74, 6) is -0.307. The number of carboxylic acids is 1. The first-order chi connectivity index (χ1) is 9.11. The largest absolute Gasteiger partial charge is 0.476 e. The van der Waals surface area contributed by atoms with Crippen molar-refractivity contribution in [1.82, 2.24) is 14.9 Å². The molecule has 1 aliphatic rings. The van der Waals surface area contributed by atoms with E-state index in [0.29, 0.717) is 6.04 Å². The molecule has 2 rings (SSSR count). The zero-order valence-electron chi connectivity index (χ0n) is 11.4. The lowest BCUT2D eigenvalue weighted by atomic mass is 10.0. The number of aromatic nitrogens is 2. The highest BCUT2D eigenvalue weighted by Gasteiger charge is 2.22. The molecule has 6 heteroatoms. The van der Waals surface area contributed by atoms with Gasteiger partial charge in [-0.3, -0.25) is 0 Å². The molecular weight excluding hydrogens is 244 g/mol. The van der Waals surface area contributed by atoms with Crippen LogP contribution in [-0.2, 0) is 0 Å². The van der Waals surface area contributed by atoms with Crippen LogP contribution >= 0.6 is 0 Å². The fraction of sp³-hybridized carbons (Fsp3) is 0.615. The van der Waals surface area contributed by atoms with Crippen molar-refractivity contribution in [3.63, 3.8) is 0 Å². The van der Waals surface area contributed by atoms with Crippen LogP contribution in [0.4, 0.5) is 5.82 Å². The summed E-state index contributed by atoms with van der Waals surface area (Å²) in [5, 5.41) is 8.80. The number of aromatic carboxylic acids is 1. The SMILES string of the molecule is CCN1CCC(N(C)c2cnc(C(=O)O)cn2)CC1. The normalized spacial score (nSPS) is 17.4. The number of anilines is 1. The molecule has 0 unspecified atom stereocenters. The van der Waals surface area contributed by atoms with Gasteiger partial charge in [0.1, 0.15) is 5.82 Å². The van der Waals surface area contributed by atoms with Crippen LogP contribution in [0.1, 0.15) is 30.3 Å². The van der Waals surface area contributed by atoms with Crippen LogP contribution in [0.15, 0.2) is 12.4 Å². The van der Waals surface area contributed by atoms with Gasteiger partial charge in [0, 0.05) is 26.2 Å². The maximum Gasteiger partial charge on any atom is 0.356 e. The molecule has 6 nitrogen and oxygen atoms in total. The van der Waals surface area contributed by atoms with Crippen molar-refractivity contribution >= 4 is 11.8 Å². The van der Waals surface area contributed by atoms with Crippen LogP contribution in [0, 0.1) is 0 Å². The second-order valence-electron chi connectivity index (χ2n) is 4.84. The number of hydrogen-bond donors (Lipinski definition) is 1. The maximum absolute atomic E-state index is 10.7. The molecule has 19 heavy (non-hydrogen) atoms. The van der Waals surface area contributed by atoms with E-state index >= 15 is 0 Å². The van der Waals surface area contributed by atoms with Gasteiger partial charge in [-0.25, -0.2) is 14.8 Å². The van der Waals surface area contributed by atoms with Gasteiger partial charge in [-0.15, -0.1) is 0 Å². The van der Waals surface area contributed by atoms with E-state index in [-0.39, 0.29) is 5.69 Å². The predicted octanol–water partition coefficient (Wildman–Crippen LogP) is 1.10. The molecule has 104 valence electrons. The molecule has 0 aliphatic carbocycles. The van der Waals surface area contributed by atoms with Crippen molar-refractivity contribution in [2.45, 2.75) is 25.8 Å². The Labute approximate surface area is 113 Å². The van der Waals surface area contributed by atoms with E-state index in [9.17, 15) is 4.79 Å². The van der Waals surface area contributed by atoms with Crippen molar-refractivity contribution in [3.8, 4) is 0 Å². The molecule has 0 aromatic carbocycles. The minimum Gasteiger partial charge on any atom is -0.476 e. The first-order valence-corrected chi connectivity index (χ1v) is 6.62. The van der Waals surface area contributed by atoms with E-state index < -0.39 is 5.97 Å². The van der Waals surface area contributed by atoms with Gasteiger partial charge in [-0.2, -0.15) is 0 Å². The third-order valence-corrected chi connectivity index (χ3v) is 3.77.